The number of hydrogen-bond acceptors (Lipinski definition) is 5. The lowest BCUT2D eigenvalue weighted by Crippen LogP contribution is -2.31. The number of amides is 1. The Bertz CT molecular complexity index is 980. The molecule has 0 radical (unpaired) electrons. The van der Waals surface area contributed by atoms with Crippen LogP contribution in [0.15, 0.2) is 47.4 Å². The zero-order valence-corrected chi connectivity index (χ0v) is 16.6. The van der Waals surface area contributed by atoms with Crippen LogP contribution in [0.4, 0.5) is 4.39 Å². The highest BCUT2D eigenvalue weighted by Gasteiger charge is 2.19. The third-order valence-electron chi connectivity index (χ3n) is 3.82. The minimum absolute atomic E-state index is 0.0138. The number of carbonyl (C=O) groups is 2. The van der Waals surface area contributed by atoms with Gasteiger partial charge in [-0.3, -0.25) is 4.79 Å². The Kier molecular flexibility index (Phi) is 7.11. The molecule has 0 aliphatic carbocycles. The van der Waals surface area contributed by atoms with Crippen molar-refractivity contribution in [3.05, 3.63) is 64.4 Å². The number of halogens is 2. The van der Waals surface area contributed by atoms with Crippen LogP contribution in [0.5, 0.6) is 0 Å². The number of hydrogen-bond donors (Lipinski definition) is 2. The van der Waals surface area contributed by atoms with E-state index in [-0.39, 0.29) is 15.5 Å². The predicted molar refractivity (Wildman–Crippen MR) is 101 cm³/mol. The summed E-state index contributed by atoms with van der Waals surface area (Å²) in [4.78, 5) is 24.0. The molecule has 0 bridgehead atoms. The van der Waals surface area contributed by atoms with Crippen LogP contribution in [0.3, 0.4) is 0 Å². The summed E-state index contributed by atoms with van der Waals surface area (Å²) in [6.07, 6.45) is 0. The van der Waals surface area contributed by atoms with Crippen LogP contribution >= 0.6 is 11.6 Å². The van der Waals surface area contributed by atoms with Crippen LogP contribution < -0.4 is 10.0 Å². The SMILES string of the molecule is CNS(=O)(=O)c1ccc(Cl)c(C(=O)OCC(=O)NC(C)c2ccc(F)cc2)c1. The molecule has 0 fully saturated rings. The molecule has 2 aromatic carbocycles. The molecule has 2 rings (SSSR count). The molecular weight excluding hydrogens is 411 g/mol. The minimum Gasteiger partial charge on any atom is -0.452 e. The van der Waals surface area contributed by atoms with Gasteiger partial charge in [-0.15, -0.1) is 0 Å². The van der Waals surface area contributed by atoms with Gasteiger partial charge >= 0.3 is 5.97 Å². The van der Waals surface area contributed by atoms with E-state index in [1.807, 2.05) is 0 Å². The van der Waals surface area contributed by atoms with Crippen molar-refractivity contribution < 1.29 is 27.1 Å². The fraction of sp³-hybridized carbons (Fsp3) is 0.222. The van der Waals surface area contributed by atoms with Crippen molar-refractivity contribution >= 4 is 33.5 Å². The maximum absolute atomic E-state index is 12.9. The molecule has 0 spiro atoms. The summed E-state index contributed by atoms with van der Waals surface area (Å²) < 4.78 is 43.7. The lowest BCUT2D eigenvalue weighted by molar-refractivity contribution is -0.124. The van der Waals surface area contributed by atoms with E-state index in [0.29, 0.717) is 5.56 Å². The van der Waals surface area contributed by atoms with Crippen LogP contribution in [0.25, 0.3) is 0 Å². The fourth-order valence-corrected chi connectivity index (χ4v) is 3.22. The fourth-order valence-electron chi connectivity index (χ4n) is 2.27. The summed E-state index contributed by atoms with van der Waals surface area (Å²) in [7, 11) is -2.54. The summed E-state index contributed by atoms with van der Waals surface area (Å²) in [6.45, 7) is 1.10. The summed E-state index contributed by atoms with van der Waals surface area (Å²) in [5.41, 5.74) is 0.492. The van der Waals surface area contributed by atoms with Crippen LogP contribution in [0, 0.1) is 5.82 Å². The van der Waals surface area contributed by atoms with Gasteiger partial charge < -0.3 is 10.1 Å². The normalized spacial score (nSPS) is 12.3. The second-order valence-electron chi connectivity index (χ2n) is 5.77. The summed E-state index contributed by atoms with van der Waals surface area (Å²) >= 11 is 5.93. The van der Waals surface area contributed by atoms with E-state index >= 15 is 0 Å². The molecule has 0 aliphatic rings. The highest BCUT2D eigenvalue weighted by Crippen LogP contribution is 2.21. The van der Waals surface area contributed by atoms with Crippen molar-refractivity contribution in [3.8, 4) is 0 Å². The first-order chi connectivity index (χ1) is 13.1. The number of benzene rings is 2. The second kappa shape index (κ2) is 9.13. The maximum atomic E-state index is 12.9. The Hall–Kier alpha value is -2.49. The van der Waals surface area contributed by atoms with Crippen molar-refractivity contribution in [2.24, 2.45) is 0 Å². The molecule has 1 amide bonds. The largest absolute Gasteiger partial charge is 0.452 e. The highest BCUT2D eigenvalue weighted by atomic mass is 35.5. The number of carbonyl (C=O) groups excluding carboxylic acids is 2. The van der Waals surface area contributed by atoms with Gasteiger partial charge in [-0.1, -0.05) is 23.7 Å². The Morgan fingerprint density at radius 1 is 1.18 bits per heavy atom. The summed E-state index contributed by atoms with van der Waals surface area (Å²) in [5.74, 6) is -1.92. The van der Waals surface area contributed by atoms with E-state index in [0.717, 1.165) is 6.07 Å². The van der Waals surface area contributed by atoms with Crippen molar-refractivity contribution in [3.63, 3.8) is 0 Å². The van der Waals surface area contributed by atoms with Gasteiger partial charge in [0, 0.05) is 0 Å². The highest BCUT2D eigenvalue weighted by molar-refractivity contribution is 7.89. The smallest absolute Gasteiger partial charge is 0.340 e. The van der Waals surface area contributed by atoms with Gasteiger partial charge in [0.1, 0.15) is 5.82 Å². The molecule has 2 N–H and O–H groups in total. The molecule has 1 atom stereocenters. The summed E-state index contributed by atoms with van der Waals surface area (Å²) in [6, 6.07) is 8.72. The summed E-state index contributed by atoms with van der Waals surface area (Å²) in [5, 5.41) is 2.59. The molecule has 0 aromatic heterocycles. The van der Waals surface area contributed by atoms with Crippen molar-refractivity contribution in [2.75, 3.05) is 13.7 Å². The van der Waals surface area contributed by atoms with E-state index in [9.17, 15) is 22.4 Å². The quantitative estimate of drug-likeness (QED) is 0.659. The van der Waals surface area contributed by atoms with Gasteiger partial charge in [0.2, 0.25) is 10.0 Å². The Morgan fingerprint density at radius 3 is 2.43 bits per heavy atom. The average molecular weight is 429 g/mol. The molecule has 28 heavy (non-hydrogen) atoms. The lowest BCUT2D eigenvalue weighted by Gasteiger charge is -2.14. The average Bonchev–Trinajstić information content (AvgIpc) is 2.66. The molecule has 0 heterocycles. The molecule has 1 unspecified atom stereocenters. The molecule has 150 valence electrons. The van der Waals surface area contributed by atoms with Crippen LogP contribution in [0.2, 0.25) is 5.02 Å². The standard InChI is InChI=1S/C18H18ClFN2O5S/c1-11(12-3-5-13(20)6-4-12)22-17(23)10-27-18(24)15-9-14(7-8-16(15)19)28(25,26)21-2/h3-9,11,21H,10H2,1-2H3,(H,22,23). The molecule has 2 aromatic rings. The number of rotatable bonds is 7. The van der Waals surface area contributed by atoms with Crippen LogP contribution in [-0.2, 0) is 19.6 Å². The first kappa shape index (κ1) is 21.8. The molecule has 0 saturated heterocycles. The topological polar surface area (TPSA) is 102 Å². The van der Waals surface area contributed by atoms with Gasteiger partial charge in [0.05, 0.1) is 21.5 Å². The van der Waals surface area contributed by atoms with Crippen molar-refractivity contribution in [1.29, 1.82) is 0 Å². The van der Waals surface area contributed by atoms with Gasteiger partial charge in [-0.05, 0) is 49.9 Å². The maximum Gasteiger partial charge on any atom is 0.340 e. The van der Waals surface area contributed by atoms with E-state index < -0.39 is 40.4 Å². The van der Waals surface area contributed by atoms with Crippen molar-refractivity contribution in [1.82, 2.24) is 10.0 Å². The van der Waals surface area contributed by atoms with Crippen LogP contribution in [-0.4, -0.2) is 33.9 Å². The Labute approximate surface area is 166 Å². The van der Waals surface area contributed by atoms with Gasteiger partial charge in [0.25, 0.3) is 5.91 Å². The number of nitrogens with one attached hydrogen (secondary N) is 2. The molecule has 7 nitrogen and oxygen atoms in total. The lowest BCUT2D eigenvalue weighted by atomic mass is 10.1. The monoisotopic (exact) mass is 428 g/mol. The van der Waals surface area contributed by atoms with Gasteiger partial charge in [0.15, 0.2) is 6.61 Å². The van der Waals surface area contributed by atoms with E-state index in [1.165, 1.54) is 43.4 Å². The van der Waals surface area contributed by atoms with Crippen LogP contribution in [0.1, 0.15) is 28.9 Å². The number of ether oxygens (including phenoxy) is 1. The molecule has 0 aliphatic heterocycles. The van der Waals surface area contributed by atoms with Gasteiger partial charge in [-0.2, -0.15) is 0 Å². The minimum atomic E-state index is -3.77. The predicted octanol–water partition coefficient (Wildman–Crippen LogP) is 2.42. The Balaban J connectivity index is 2.00. The third kappa shape index (κ3) is 5.51. The van der Waals surface area contributed by atoms with E-state index in [4.69, 9.17) is 16.3 Å². The molecular formula is C18H18ClFN2O5S. The second-order valence-corrected chi connectivity index (χ2v) is 8.06. The number of sulfonamides is 1. The Morgan fingerprint density at radius 2 is 1.82 bits per heavy atom. The zero-order chi connectivity index (χ0) is 20.9. The molecule has 10 heteroatoms. The van der Waals surface area contributed by atoms with E-state index in [2.05, 4.69) is 10.0 Å². The zero-order valence-electron chi connectivity index (χ0n) is 15.0. The number of esters is 1. The van der Waals surface area contributed by atoms with Crippen molar-refractivity contribution in [2.45, 2.75) is 17.9 Å². The van der Waals surface area contributed by atoms with Gasteiger partial charge in [-0.25, -0.2) is 22.3 Å². The molecule has 0 saturated carbocycles. The first-order valence-electron chi connectivity index (χ1n) is 8.09. The van der Waals surface area contributed by atoms with E-state index in [1.54, 1.807) is 6.92 Å². The first-order valence-corrected chi connectivity index (χ1v) is 9.95. The third-order valence-corrected chi connectivity index (χ3v) is 5.56.